The van der Waals surface area contributed by atoms with E-state index in [1.54, 1.807) is 0 Å². The van der Waals surface area contributed by atoms with E-state index in [4.69, 9.17) is 5.11 Å². The van der Waals surface area contributed by atoms with Crippen LogP contribution in [0.3, 0.4) is 0 Å². The number of nitrogens with one attached hydrogen (secondary N) is 1. The van der Waals surface area contributed by atoms with Gasteiger partial charge in [-0.3, -0.25) is 0 Å². The van der Waals surface area contributed by atoms with Crippen molar-refractivity contribution in [1.29, 1.82) is 0 Å². The van der Waals surface area contributed by atoms with Crippen molar-refractivity contribution < 1.29 is 9.90 Å². The molecule has 1 aromatic heterocycles. The Morgan fingerprint density at radius 3 is 2.92 bits per heavy atom. The van der Waals surface area contributed by atoms with Gasteiger partial charge in [-0.15, -0.1) is 0 Å². The van der Waals surface area contributed by atoms with Gasteiger partial charge in [-0.25, -0.2) is 9.78 Å². The molecule has 1 aliphatic carbocycles. The molecule has 1 aromatic rings. The highest BCUT2D eigenvalue weighted by Crippen LogP contribution is 2.39. The summed E-state index contributed by atoms with van der Waals surface area (Å²) in [5.74, 6) is -0.808. The van der Waals surface area contributed by atoms with E-state index >= 15 is 0 Å². The number of aliphatic carboxylic acids is 1. The second-order valence-electron chi connectivity index (χ2n) is 2.76. The summed E-state index contributed by atoms with van der Waals surface area (Å²) in [4.78, 5) is 14.6. The zero-order valence-electron chi connectivity index (χ0n) is 6.15. The Bertz CT molecular complexity index is 294. The third-order valence-corrected chi connectivity index (χ3v) is 2.45. The third-order valence-electron chi connectivity index (χ3n) is 1.87. The van der Waals surface area contributed by atoms with Gasteiger partial charge in [0.15, 0.2) is 0 Å². The van der Waals surface area contributed by atoms with Gasteiger partial charge in [-0.2, -0.15) is 4.37 Å². The number of anilines is 1. The van der Waals surface area contributed by atoms with Gasteiger partial charge in [0.2, 0.25) is 5.13 Å². The number of carbonyl (C=O) groups is 1. The first-order valence-electron chi connectivity index (χ1n) is 3.51. The van der Waals surface area contributed by atoms with Gasteiger partial charge in [0.1, 0.15) is 11.9 Å². The Morgan fingerprint density at radius 2 is 2.50 bits per heavy atom. The molecule has 1 fully saturated rings. The summed E-state index contributed by atoms with van der Waals surface area (Å²) in [5.41, 5.74) is -0.750. The standard InChI is InChI=1S/C6H7N3O2S/c10-4(11)6(1-2-6)9-5-7-3-8-12-5/h3H,1-2H2,(H,10,11)(H,7,8,9). The van der Waals surface area contributed by atoms with Crippen LogP contribution in [0.2, 0.25) is 0 Å². The zero-order valence-corrected chi connectivity index (χ0v) is 6.97. The van der Waals surface area contributed by atoms with E-state index < -0.39 is 11.5 Å². The molecule has 0 unspecified atom stereocenters. The monoisotopic (exact) mass is 185 g/mol. The Morgan fingerprint density at radius 1 is 1.75 bits per heavy atom. The van der Waals surface area contributed by atoms with Crippen LogP contribution in [-0.4, -0.2) is 26.0 Å². The molecule has 1 heterocycles. The number of carboxylic acid groups (broad SMARTS) is 1. The highest BCUT2D eigenvalue weighted by Gasteiger charge is 2.51. The van der Waals surface area contributed by atoms with E-state index in [2.05, 4.69) is 14.7 Å². The Hall–Kier alpha value is -1.17. The first-order valence-corrected chi connectivity index (χ1v) is 4.28. The average Bonchev–Trinajstić information content (AvgIpc) is 2.60. The lowest BCUT2D eigenvalue weighted by Gasteiger charge is -2.09. The zero-order chi connectivity index (χ0) is 8.60. The van der Waals surface area contributed by atoms with Crippen molar-refractivity contribution in [3.8, 4) is 0 Å². The maximum absolute atomic E-state index is 10.7. The van der Waals surface area contributed by atoms with Gasteiger partial charge < -0.3 is 10.4 Å². The maximum atomic E-state index is 10.7. The van der Waals surface area contributed by atoms with Gasteiger partial charge in [0.25, 0.3) is 0 Å². The molecule has 0 radical (unpaired) electrons. The lowest BCUT2D eigenvalue weighted by molar-refractivity contribution is -0.138. The van der Waals surface area contributed by atoms with E-state index in [9.17, 15) is 4.79 Å². The normalized spacial score (nSPS) is 18.7. The van der Waals surface area contributed by atoms with Crippen LogP contribution in [0.25, 0.3) is 0 Å². The predicted octanol–water partition coefficient (Wildman–Crippen LogP) is 0.567. The molecule has 0 saturated heterocycles. The summed E-state index contributed by atoms with van der Waals surface area (Å²) in [6, 6.07) is 0. The molecule has 12 heavy (non-hydrogen) atoms. The van der Waals surface area contributed by atoms with Crippen LogP contribution >= 0.6 is 11.5 Å². The van der Waals surface area contributed by atoms with Crippen LogP contribution in [0.1, 0.15) is 12.8 Å². The van der Waals surface area contributed by atoms with E-state index in [-0.39, 0.29) is 0 Å². The molecule has 0 spiro atoms. The van der Waals surface area contributed by atoms with Crippen molar-refractivity contribution in [2.45, 2.75) is 18.4 Å². The summed E-state index contributed by atoms with van der Waals surface area (Å²) in [5, 5.41) is 12.2. The van der Waals surface area contributed by atoms with Crippen LogP contribution < -0.4 is 5.32 Å². The summed E-state index contributed by atoms with van der Waals surface area (Å²) < 4.78 is 3.77. The number of nitrogens with zero attached hydrogens (tertiary/aromatic N) is 2. The summed E-state index contributed by atoms with van der Waals surface area (Å²) in [6.45, 7) is 0. The van der Waals surface area contributed by atoms with Gasteiger partial charge in [-0.05, 0) is 12.8 Å². The van der Waals surface area contributed by atoms with Gasteiger partial charge in [0, 0.05) is 11.5 Å². The molecule has 1 saturated carbocycles. The average molecular weight is 185 g/mol. The van der Waals surface area contributed by atoms with Crippen molar-refractivity contribution in [2.24, 2.45) is 0 Å². The van der Waals surface area contributed by atoms with Crippen LogP contribution in [0, 0.1) is 0 Å². The molecular formula is C6H7N3O2S. The Balaban J connectivity index is 2.09. The van der Waals surface area contributed by atoms with Crippen LogP contribution in [-0.2, 0) is 4.79 Å². The number of carboxylic acids is 1. The molecule has 0 amide bonds. The largest absolute Gasteiger partial charge is 0.480 e. The molecule has 64 valence electrons. The lowest BCUT2D eigenvalue weighted by atomic mass is 10.3. The fourth-order valence-corrected chi connectivity index (χ4v) is 1.48. The van der Waals surface area contributed by atoms with Crippen molar-refractivity contribution in [3.05, 3.63) is 6.33 Å². The fourth-order valence-electron chi connectivity index (χ4n) is 0.950. The molecule has 0 bridgehead atoms. The van der Waals surface area contributed by atoms with Crippen molar-refractivity contribution in [1.82, 2.24) is 9.36 Å². The SMILES string of the molecule is O=C(O)C1(Nc2ncns2)CC1. The van der Waals surface area contributed by atoms with Gasteiger partial charge >= 0.3 is 5.97 Å². The molecule has 0 aromatic carbocycles. The number of hydrogen-bond donors (Lipinski definition) is 2. The van der Waals surface area contributed by atoms with Crippen molar-refractivity contribution in [2.75, 3.05) is 5.32 Å². The molecule has 6 heteroatoms. The fraction of sp³-hybridized carbons (Fsp3) is 0.500. The van der Waals surface area contributed by atoms with E-state index in [1.807, 2.05) is 0 Å². The van der Waals surface area contributed by atoms with Crippen LogP contribution in [0.15, 0.2) is 6.33 Å². The molecular weight excluding hydrogens is 178 g/mol. The first-order chi connectivity index (χ1) is 5.73. The van der Waals surface area contributed by atoms with E-state index in [0.29, 0.717) is 18.0 Å². The van der Waals surface area contributed by atoms with E-state index in [1.165, 1.54) is 17.9 Å². The highest BCUT2D eigenvalue weighted by molar-refractivity contribution is 7.09. The smallest absolute Gasteiger partial charge is 0.329 e. The Kier molecular flexibility index (Phi) is 1.50. The van der Waals surface area contributed by atoms with Gasteiger partial charge in [0.05, 0.1) is 0 Å². The maximum Gasteiger partial charge on any atom is 0.329 e. The molecule has 0 atom stereocenters. The van der Waals surface area contributed by atoms with Crippen LogP contribution in [0.4, 0.5) is 5.13 Å². The lowest BCUT2D eigenvalue weighted by Crippen LogP contribution is -2.31. The molecule has 0 aliphatic heterocycles. The number of aromatic nitrogens is 2. The third kappa shape index (κ3) is 1.14. The molecule has 5 nitrogen and oxygen atoms in total. The summed E-state index contributed by atoms with van der Waals surface area (Å²) in [6.07, 6.45) is 2.74. The highest BCUT2D eigenvalue weighted by atomic mass is 32.1. The van der Waals surface area contributed by atoms with Crippen molar-refractivity contribution >= 4 is 22.6 Å². The molecule has 2 N–H and O–H groups in total. The first kappa shape index (κ1) is 7.48. The number of hydrogen-bond acceptors (Lipinski definition) is 5. The summed E-state index contributed by atoms with van der Waals surface area (Å²) in [7, 11) is 0. The second kappa shape index (κ2) is 2.41. The Labute approximate surface area is 72.6 Å². The predicted molar refractivity (Wildman–Crippen MR) is 43.1 cm³/mol. The topological polar surface area (TPSA) is 75.1 Å². The van der Waals surface area contributed by atoms with E-state index in [0.717, 1.165) is 0 Å². The minimum Gasteiger partial charge on any atom is -0.480 e. The molecule has 2 rings (SSSR count). The number of rotatable bonds is 3. The van der Waals surface area contributed by atoms with Crippen molar-refractivity contribution in [3.63, 3.8) is 0 Å². The van der Waals surface area contributed by atoms with Crippen LogP contribution in [0.5, 0.6) is 0 Å². The summed E-state index contributed by atoms with van der Waals surface area (Å²) >= 11 is 1.17. The minimum atomic E-state index is -0.808. The quantitative estimate of drug-likeness (QED) is 0.720. The van der Waals surface area contributed by atoms with Gasteiger partial charge in [-0.1, -0.05) is 0 Å². The minimum absolute atomic E-state index is 0.579. The molecule has 1 aliphatic rings. The second-order valence-corrected chi connectivity index (χ2v) is 3.54.